The average Bonchev–Trinajstić information content (AvgIpc) is 2.80. The number of nitrogens with zero attached hydrogens (tertiary/aromatic N) is 1. The lowest BCUT2D eigenvalue weighted by molar-refractivity contribution is -0.135. The summed E-state index contributed by atoms with van der Waals surface area (Å²) < 4.78 is 5.55. The van der Waals surface area contributed by atoms with Crippen molar-refractivity contribution < 1.29 is 14.6 Å². The highest BCUT2D eigenvalue weighted by molar-refractivity contribution is 6.30. The van der Waals surface area contributed by atoms with Crippen molar-refractivity contribution in [2.45, 2.75) is 18.9 Å². The van der Waals surface area contributed by atoms with E-state index in [-0.39, 0.29) is 12.6 Å². The van der Waals surface area contributed by atoms with Gasteiger partial charge in [-0.3, -0.25) is 4.79 Å². The summed E-state index contributed by atoms with van der Waals surface area (Å²) in [5, 5.41) is 9.58. The first kappa shape index (κ1) is 13.2. The molecule has 1 N–H and O–H groups in total. The van der Waals surface area contributed by atoms with Crippen LogP contribution >= 0.6 is 11.6 Å². The summed E-state index contributed by atoms with van der Waals surface area (Å²) in [6, 6.07) is 7.24. The molecule has 1 heterocycles. The van der Waals surface area contributed by atoms with E-state index in [9.17, 15) is 4.79 Å². The molecular weight excluding hydrogens is 254 g/mol. The van der Waals surface area contributed by atoms with Crippen LogP contribution in [0.5, 0.6) is 0 Å². The third kappa shape index (κ3) is 3.62. The molecule has 1 unspecified atom stereocenters. The molecule has 1 saturated heterocycles. The predicted molar refractivity (Wildman–Crippen MR) is 70.3 cm³/mol. The molecule has 0 amide bonds. The number of halogens is 1. The molecule has 1 aromatic rings. The Hall–Kier alpha value is -1.26. The molecule has 18 heavy (non-hydrogen) atoms. The molecule has 0 aliphatic carbocycles. The van der Waals surface area contributed by atoms with E-state index < -0.39 is 5.97 Å². The van der Waals surface area contributed by atoms with Gasteiger partial charge in [-0.25, -0.2) is 0 Å². The minimum atomic E-state index is -0.854. The second-order valence-electron chi connectivity index (χ2n) is 4.39. The van der Waals surface area contributed by atoms with Crippen molar-refractivity contribution in [1.29, 1.82) is 0 Å². The van der Waals surface area contributed by atoms with Crippen molar-refractivity contribution in [3.63, 3.8) is 0 Å². The molecule has 2 rings (SSSR count). The van der Waals surface area contributed by atoms with E-state index in [0.717, 1.165) is 25.1 Å². The fourth-order valence-corrected chi connectivity index (χ4v) is 2.32. The van der Waals surface area contributed by atoms with Gasteiger partial charge in [0.05, 0.1) is 6.10 Å². The molecule has 1 aromatic carbocycles. The molecule has 4 nitrogen and oxygen atoms in total. The highest BCUT2D eigenvalue weighted by atomic mass is 35.5. The summed E-state index contributed by atoms with van der Waals surface area (Å²) in [6.45, 7) is 1.31. The zero-order valence-corrected chi connectivity index (χ0v) is 10.8. The van der Waals surface area contributed by atoms with Gasteiger partial charge in [0.15, 0.2) is 0 Å². The van der Waals surface area contributed by atoms with Crippen LogP contribution in [0.1, 0.15) is 12.8 Å². The average molecular weight is 270 g/mol. The van der Waals surface area contributed by atoms with E-state index in [2.05, 4.69) is 0 Å². The minimum Gasteiger partial charge on any atom is -0.480 e. The summed E-state index contributed by atoms with van der Waals surface area (Å²) in [5.74, 6) is -0.854. The Bertz CT molecular complexity index is 418. The summed E-state index contributed by atoms with van der Waals surface area (Å²) in [7, 11) is 0. The number of benzene rings is 1. The van der Waals surface area contributed by atoms with Crippen LogP contribution in [0, 0.1) is 0 Å². The third-order valence-electron chi connectivity index (χ3n) is 2.95. The van der Waals surface area contributed by atoms with Gasteiger partial charge in [-0.15, -0.1) is 0 Å². The van der Waals surface area contributed by atoms with Crippen molar-refractivity contribution >= 4 is 23.3 Å². The van der Waals surface area contributed by atoms with Crippen LogP contribution in [-0.2, 0) is 9.53 Å². The van der Waals surface area contributed by atoms with Crippen LogP contribution in [0.2, 0.25) is 5.02 Å². The van der Waals surface area contributed by atoms with Crippen LogP contribution in [0.3, 0.4) is 0 Å². The minimum absolute atomic E-state index is 0.0415. The van der Waals surface area contributed by atoms with Gasteiger partial charge in [0.25, 0.3) is 0 Å². The Kier molecular flexibility index (Phi) is 4.44. The zero-order chi connectivity index (χ0) is 13.0. The van der Waals surface area contributed by atoms with Gasteiger partial charge in [-0.1, -0.05) is 17.7 Å². The molecule has 98 valence electrons. The van der Waals surface area contributed by atoms with Crippen molar-refractivity contribution in [2.24, 2.45) is 0 Å². The van der Waals surface area contributed by atoms with E-state index in [1.165, 1.54) is 0 Å². The first-order chi connectivity index (χ1) is 8.65. The van der Waals surface area contributed by atoms with Gasteiger partial charge < -0.3 is 14.7 Å². The number of rotatable bonds is 5. The van der Waals surface area contributed by atoms with Gasteiger partial charge in [-0.05, 0) is 31.0 Å². The van der Waals surface area contributed by atoms with E-state index in [1.54, 1.807) is 17.0 Å². The summed E-state index contributed by atoms with van der Waals surface area (Å²) in [4.78, 5) is 12.7. The van der Waals surface area contributed by atoms with Crippen LogP contribution in [0.4, 0.5) is 5.69 Å². The number of carboxylic acids is 1. The maximum absolute atomic E-state index is 10.9. The summed E-state index contributed by atoms with van der Waals surface area (Å²) in [5.41, 5.74) is 0.820. The number of aliphatic carboxylic acids is 1. The summed E-state index contributed by atoms with van der Waals surface area (Å²) in [6.07, 6.45) is 2.14. The van der Waals surface area contributed by atoms with Gasteiger partial charge in [-0.2, -0.15) is 0 Å². The molecule has 0 bridgehead atoms. The zero-order valence-electron chi connectivity index (χ0n) is 10.0. The number of carboxylic acid groups (broad SMARTS) is 1. The Morgan fingerprint density at radius 1 is 1.56 bits per heavy atom. The van der Waals surface area contributed by atoms with E-state index in [1.807, 2.05) is 12.1 Å². The second-order valence-corrected chi connectivity index (χ2v) is 4.83. The molecule has 0 saturated carbocycles. The van der Waals surface area contributed by atoms with Gasteiger partial charge >= 0.3 is 5.97 Å². The van der Waals surface area contributed by atoms with Crippen LogP contribution in [0.25, 0.3) is 0 Å². The van der Waals surface area contributed by atoms with E-state index in [4.69, 9.17) is 21.4 Å². The number of anilines is 1. The second kappa shape index (κ2) is 6.07. The quantitative estimate of drug-likeness (QED) is 0.892. The molecule has 1 aliphatic rings. The lowest BCUT2D eigenvalue weighted by atomic mass is 10.2. The Labute approximate surface area is 111 Å². The lowest BCUT2D eigenvalue weighted by Gasteiger charge is -2.25. The van der Waals surface area contributed by atoms with E-state index >= 15 is 0 Å². The maximum atomic E-state index is 10.9. The lowest BCUT2D eigenvalue weighted by Crippen LogP contribution is -2.36. The summed E-state index contributed by atoms with van der Waals surface area (Å²) >= 11 is 5.94. The molecule has 1 aliphatic heterocycles. The normalized spacial score (nSPS) is 18.8. The van der Waals surface area contributed by atoms with E-state index in [0.29, 0.717) is 11.6 Å². The molecule has 1 atom stereocenters. The Morgan fingerprint density at radius 3 is 3.00 bits per heavy atom. The van der Waals surface area contributed by atoms with Crippen LogP contribution in [-0.4, -0.2) is 36.9 Å². The van der Waals surface area contributed by atoms with Gasteiger partial charge in [0, 0.05) is 23.9 Å². The SMILES string of the molecule is O=C(O)CN(CC1CCCO1)c1cccc(Cl)c1. The van der Waals surface area contributed by atoms with Crippen molar-refractivity contribution in [1.82, 2.24) is 0 Å². The van der Waals surface area contributed by atoms with Crippen molar-refractivity contribution in [2.75, 3.05) is 24.6 Å². The van der Waals surface area contributed by atoms with Crippen molar-refractivity contribution in [3.05, 3.63) is 29.3 Å². The third-order valence-corrected chi connectivity index (χ3v) is 3.18. The first-order valence-corrected chi connectivity index (χ1v) is 6.37. The Balaban J connectivity index is 2.10. The molecule has 5 heteroatoms. The van der Waals surface area contributed by atoms with Gasteiger partial charge in [0.1, 0.15) is 6.54 Å². The monoisotopic (exact) mass is 269 g/mol. The highest BCUT2D eigenvalue weighted by Gasteiger charge is 2.21. The number of hydrogen-bond acceptors (Lipinski definition) is 3. The molecule has 0 radical (unpaired) electrons. The standard InChI is InChI=1S/C13H16ClNO3/c14-10-3-1-4-11(7-10)15(9-13(16)17)8-12-5-2-6-18-12/h1,3-4,7,12H,2,5-6,8-9H2,(H,16,17). The number of carbonyl (C=O) groups is 1. The maximum Gasteiger partial charge on any atom is 0.323 e. The van der Waals surface area contributed by atoms with Crippen LogP contribution < -0.4 is 4.90 Å². The topological polar surface area (TPSA) is 49.8 Å². The smallest absolute Gasteiger partial charge is 0.323 e. The fraction of sp³-hybridized carbons (Fsp3) is 0.462. The predicted octanol–water partition coefficient (Wildman–Crippen LogP) is 2.41. The Morgan fingerprint density at radius 2 is 2.39 bits per heavy atom. The molecule has 0 aromatic heterocycles. The van der Waals surface area contributed by atoms with Crippen LogP contribution in [0.15, 0.2) is 24.3 Å². The molecular formula is C13H16ClNO3. The van der Waals surface area contributed by atoms with Gasteiger partial charge in [0.2, 0.25) is 0 Å². The fourth-order valence-electron chi connectivity index (χ4n) is 2.13. The first-order valence-electron chi connectivity index (χ1n) is 5.99. The molecule has 0 spiro atoms. The number of hydrogen-bond donors (Lipinski definition) is 1. The largest absolute Gasteiger partial charge is 0.480 e. The van der Waals surface area contributed by atoms with Crippen molar-refractivity contribution in [3.8, 4) is 0 Å². The number of ether oxygens (including phenoxy) is 1. The highest BCUT2D eigenvalue weighted by Crippen LogP contribution is 2.22. The molecule has 1 fully saturated rings.